The molecule has 0 aliphatic carbocycles. The van der Waals surface area contributed by atoms with Crippen LogP contribution in [0.2, 0.25) is 5.02 Å². The molecule has 3 aromatic heterocycles. The van der Waals surface area contributed by atoms with Crippen molar-refractivity contribution in [1.82, 2.24) is 19.7 Å². The van der Waals surface area contributed by atoms with Gasteiger partial charge in [0.1, 0.15) is 4.83 Å². The molecule has 0 radical (unpaired) electrons. The van der Waals surface area contributed by atoms with Crippen LogP contribution in [0.25, 0.3) is 21.7 Å². The van der Waals surface area contributed by atoms with Crippen molar-refractivity contribution in [2.24, 2.45) is 7.05 Å². The van der Waals surface area contributed by atoms with Gasteiger partial charge in [-0.15, -0.1) is 21.5 Å². The number of fused-ring (bicyclic) bond motifs is 1. The van der Waals surface area contributed by atoms with Gasteiger partial charge in [0, 0.05) is 22.5 Å². The molecular weight excluding hydrogens is 404 g/mol. The van der Waals surface area contributed by atoms with Crippen molar-refractivity contribution in [3.63, 3.8) is 0 Å². The van der Waals surface area contributed by atoms with Crippen LogP contribution in [0.3, 0.4) is 0 Å². The van der Waals surface area contributed by atoms with Crippen LogP contribution in [0.15, 0.2) is 38.6 Å². The van der Waals surface area contributed by atoms with Gasteiger partial charge < -0.3 is 4.42 Å². The Hall–Kier alpha value is -2.16. The van der Waals surface area contributed by atoms with E-state index in [2.05, 4.69) is 15.2 Å². The Bertz CT molecular complexity index is 1190. The molecule has 0 N–H and O–H groups in total. The van der Waals surface area contributed by atoms with Crippen LogP contribution in [0.4, 0.5) is 0 Å². The fourth-order valence-corrected chi connectivity index (χ4v) is 4.64. The molecule has 0 aliphatic rings. The van der Waals surface area contributed by atoms with Crippen molar-refractivity contribution in [2.45, 2.75) is 24.8 Å². The molecule has 0 saturated heterocycles. The second kappa shape index (κ2) is 7.10. The second-order valence-corrected chi connectivity index (χ2v) is 8.60. The van der Waals surface area contributed by atoms with Crippen molar-refractivity contribution in [1.29, 1.82) is 0 Å². The molecule has 27 heavy (non-hydrogen) atoms. The normalized spacial score (nSPS) is 11.4. The summed E-state index contributed by atoms with van der Waals surface area (Å²) in [7, 11) is 1.73. The third-order valence-electron chi connectivity index (χ3n) is 4.25. The molecule has 0 amide bonds. The molecule has 138 valence electrons. The van der Waals surface area contributed by atoms with Crippen molar-refractivity contribution in [3.05, 3.63) is 56.0 Å². The van der Waals surface area contributed by atoms with Crippen LogP contribution < -0.4 is 5.56 Å². The monoisotopic (exact) mass is 418 g/mol. The van der Waals surface area contributed by atoms with Gasteiger partial charge in [0.15, 0.2) is 5.16 Å². The van der Waals surface area contributed by atoms with Gasteiger partial charge in [-0.1, -0.05) is 23.4 Å². The van der Waals surface area contributed by atoms with E-state index < -0.39 is 0 Å². The van der Waals surface area contributed by atoms with Crippen molar-refractivity contribution in [2.75, 3.05) is 0 Å². The maximum Gasteiger partial charge on any atom is 0.262 e. The van der Waals surface area contributed by atoms with Crippen LogP contribution in [0, 0.1) is 13.8 Å². The molecule has 0 saturated carbocycles. The topological polar surface area (TPSA) is 73.8 Å². The van der Waals surface area contributed by atoms with Crippen LogP contribution in [-0.2, 0) is 12.8 Å². The zero-order chi connectivity index (χ0) is 19.1. The largest absolute Gasteiger partial charge is 0.420 e. The van der Waals surface area contributed by atoms with Crippen molar-refractivity contribution < 1.29 is 4.42 Å². The number of hydrogen-bond donors (Lipinski definition) is 0. The number of benzene rings is 1. The quantitative estimate of drug-likeness (QED) is 0.356. The third kappa shape index (κ3) is 3.40. The number of hydrogen-bond acceptors (Lipinski definition) is 7. The number of nitrogens with zero attached hydrogens (tertiary/aromatic N) is 4. The molecule has 0 fully saturated rings. The molecule has 4 aromatic rings. The fourth-order valence-electron chi connectivity index (χ4n) is 2.63. The summed E-state index contributed by atoms with van der Waals surface area (Å²) in [4.78, 5) is 19.2. The number of aromatic nitrogens is 4. The third-order valence-corrected chi connectivity index (χ3v) is 6.62. The lowest BCUT2D eigenvalue weighted by molar-refractivity contribution is 0.528. The van der Waals surface area contributed by atoms with E-state index in [1.54, 1.807) is 35.1 Å². The van der Waals surface area contributed by atoms with E-state index in [0.717, 1.165) is 20.8 Å². The molecule has 0 aliphatic heterocycles. The standard InChI is InChI=1S/C18H15ClN4O2S2/c1-9-10(2)27-16-14(9)17(24)23(3)18(20-16)26-8-13-21-22-15(25-13)11-4-6-12(19)7-5-11/h4-7H,8H2,1-3H3. The predicted octanol–water partition coefficient (Wildman–Crippen LogP) is 4.61. The van der Waals surface area contributed by atoms with E-state index in [1.807, 2.05) is 26.0 Å². The fraction of sp³-hybridized carbons (Fsp3) is 0.222. The van der Waals surface area contributed by atoms with Gasteiger partial charge >= 0.3 is 0 Å². The lowest BCUT2D eigenvalue weighted by atomic mass is 10.2. The SMILES string of the molecule is Cc1sc2nc(SCc3nnc(-c4ccc(Cl)cc4)o3)n(C)c(=O)c2c1C. The molecule has 1 aromatic carbocycles. The molecule has 0 unspecified atom stereocenters. The first kappa shape index (κ1) is 18.2. The summed E-state index contributed by atoms with van der Waals surface area (Å²) in [5, 5.41) is 10.1. The first-order chi connectivity index (χ1) is 12.9. The summed E-state index contributed by atoms with van der Waals surface area (Å²) < 4.78 is 7.29. The van der Waals surface area contributed by atoms with Gasteiger partial charge in [-0.25, -0.2) is 4.98 Å². The van der Waals surface area contributed by atoms with Crippen LogP contribution in [0.1, 0.15) is 16.3 Å². The van der Waals surface area contributed by atoms with E-state index in [9.17, 15) is 4.79 Å². The van der Waals surface area contributed by atoms with Crippen LogP contribution >= 0.6 is 34.7 Å². The van der Waals surface area contributed by atoms with Gasteiger partial charge in [-0.05, 0) is 43.7 Å². The van der Waals surface area contributed by atoms with E-state index in [1.165, 1.54) is 11.8 Å². The van der Waals surface area contributed by atoms with Gasteiger partial charge in [-0.3, -0.25) is 9.36 Å². The molecule has 3 heterocycles. The number of thiophene rings is 1. The Labute approximate surface area is 168 Å². The summed E-state index contributed by atoms with van der Waals surface area (Å²) in [6, 6.07) is 7.20. The Morgan fingerprint density at radius 2 is 1.96 bits per heavy atom. The smallest absolute Gasteiger partial charge is 0.262 e. The first-order valence-corrected chi connectivity index (χ1v) is 10.3. The highest BCUT2D eigenvalue weighted by Gasteiger charge is 2.16. The molecule has 0 bridgehead atoms. The Balaban J connectivity index is 1.58. The van der Waals surface area contributed by atoms with Gasteiger partial charge in [0.05, 0.1) is 11.1 Å². The van der Waals surface area contributed by atoms with E-state index >= 15 is 0 Å². The van der Waals surface area contributed by atoms with E-state index in [0.29, 0.717) is 33.1 Å². The number of rotatable bonds is 4. The van der Waals surface area contributed by atoms with Crippen molar-refractivity contribution >= 4 is 44.9 Å². The Morgan fingerprint density at radius 1 is 1.22 bits per heavy atom. The maximum absolute atomic E-state index is 12.7. The number of halogens is 1. The molecule has 0 atom stereocenters. The number of aryl methyl sites for hydroxylation is 2. The van der Waals surface area contributed by atoms with Crippen LogP contribution in [0.5, 0.6) is 0 Å². The summed E-state index contributed by atoms with van der Waals surface area (Å²) in [5.41, 5.74) is 1.78. The summed E-state index contributed by atoms with van der Waals surface area (Å²) in [6.45, 7) is 3.96. The van der Waals surface area contributed by atoms with Crippen molar-refractivity contribution in [3.8, 4) is 11.5 Å². The zero-order valence-corrected chi connectivity index (χ0v) is 17.2. The average Bonchev–Trinajstić information content (AvgIpc) is 3.23. The minimum Gasteiger partial charge on any atom is -0.420 e. The molecular formula is C18H15ClN4O2S2. The summed E-state index contributed by atoms with van der Waals surface area (Å²) >= 11 is 8.83. The Kier molecular flexibility index (Phi) is 4.79. The Morgan fingerprint density at radius 3 is 2.70 bits per heavy atom. The molecule has 4 rings (SSSR count). The van der Waals surface area contributed by atoms with E-state index in [4.69, 9.17) is 16.0 Å². The highest BCUT2D eigenvalue weighted by molar-refractivity contribution is 7.98. The summed E-state index contributed by atoms with van der Waals surface area (Å²) in [6.07, 6.45) is 0. The van der Waals surface area contributed by atoms with Gasteiger partial charge in [-0.2, -0.15) is 0 Å². The van der Waals surface area contributed by atoms with Gasteiger partial charge in [0.25, 0.3) is 5.56 Å². The average molecular weight is 419 g/mol. The molecule has 9 heteroatoms. The lowest BCUT2D eigenvalue weighted by Gasteiger charge is -2.05. The first-order valence-electron chi connectivity index (χ1n) is 8.12. The predicted molar refractivity (Wildman–Crippen MR) is 109 cm³/mol. The minimum absolute atomic E-state index is 0.0308. The highest BCUT2D eigenvalue weighted by atomic mass is 35.5. The lowest BCUT2D eigenvalue weighted by Crippen LogP contribution is -2.19. The maximum atomic E-state index is 12.7. The number of thioether (sulfide) groups is 1. The minimum atomic E-state index is -0.0308. The van der Waals surface area contributed by atoms with Crippen LogP contribution in [-0.4, -0.2) is 19.7 Å². The summed E-state index contributed by atoms with van der Waals surface area (Å²) in [5.74, 6) is 1.33. The van der Waals surface area contributed by atoms with E-state index in [-0.39, 0.29) is 5.56 Å². The molecule has 6 nitrogen and oxygen atoms in total. The second-order valence-electron chi connectivity index (χ2n) is 6.02. The molecule has 0 spiro atoms. The highest BCUT2D eigenvalue weighted by Crippen LogP contribution is 2.29. The van der Waals surface area contributed by atoms with Gasteiger partial charge in [0.2, 0.25) is 11.8 Å². The zero-order valence-electron chi connectivity index (χ0n) is 14.8.